The number of piperazine rings is 1. The second-order valence-corrected chi connectivity index (χ2v) is 10.5. The van der Waals surface area contributed by atoms with Crippen LogP contribution in [0.5, 0.6) is 0 Å². The molecule has 2 aliphatic rings. The molecule has 5 rings (SSSR count). The fourth-order valence-electron chi connectivity index (χ4n) is 5.60. The predicted molar refractivity (Wildman–Crippen MR) is 150 cm³/mol. The van der Waals surface area contributed by atoms with Crippen molar-refractivity contribution in [2.75, 3.05) is 31.1 Å². The number of ether oxygens (including phenoxy) is 1. The Labute approximate surface area is 228 Å². The molecule has 8 nitrogen and oxygen atoms in total. The van der Waals surface area contributed by atoms with Crippen molar-refractivity contribution in [1.29, 1.82) is 0 Å². The van der Waals surface area contributed by atoms with Crippen LogP contribution in [0.1, 0.15) is 36.5 Å². The minimum absolute atomic E-state index is 0.100. The van der Waals surface area contributed by atoms with Crippen molar-refractivity contribution in [2.24, 2.45) is 0 Å². The number of nitrogens with one attached hydrogen (secondary N) is 1. The van der Waals surface area contributed by atoms with Gasteiger partial charge in [-0.25, -0.2) is 9.59 Å². The molecule has 1 fully saturated rings. The zero-order valence-electron chi connectivity index (χ0n) is 22.3. The van der Waals surface area contributed by atoms with E-state index < -0.39 is 24.3 Å². The number of β-amino-alcohol motifs (C(OH)–C–C–N with tert-alkyl or cyclic N) is 1. The minimum atomic E-state index is -1.13. The van der Waals surface area contributed by atoms with E-state index in [0.29, 0.717) is 19.1 Å². The van der Waals surface area contributed by atoms with Gasteiger partial charge in [0.25, 0.3) is 0 Å². The van der Waals surface area contributed by atoms with Crippen molar-refractivity contribution >= 4 is 17.7 Å². The summed E-state index contributed by atoms with van der Waals surface area (Å²) in [5.74, 6) is -1.23. The molecule has 3 N–H and O–H groups in total. The summed E-state index contributed by atoms with van der Waals surface area (Å²) in [4.78, 5) is 28.8. The monoisotopic (exact) mass is 529 g/mol. The van der Waals surface area contributed by atoms with E-state index in [9.17, 15) is 19.8 Å². The summed E-state index contributed by atoms with van der Waals surface area (Å²) in [6.07, 6.45) is -1.25. The van der Waals surface area contributed by atoms with E-state index in [1.54, 1.807) is 0 Å². The molecule has 1 aliphatic heterocycles. The zero-order valence-corrected chi connectivity index (χ0v) is 22.3. The zero-order chi connectivity index (χ0) is 27.5. The van der Waals surface area contributed by atoms with Gasteiger partial charge in [-0.1, -0.05) is 60.7 Å². The van der Waals surface area contributed by atoms with Gasteiger partial charge in [0, 0.05) is 43.7 Å². The fourth-order valence-corrected chi connectivity index (χ4v) is 5.60. The number of aliphatic hydroxyl groups is 1. The second-order valence-electron chi connectivity index (χ2n) is 10.5. The number of aliphatic hydroxyl groups excluding tert-OH is 1. The molecule has 204 valence electrons. The molecular weight excluding hydrogens is 494 g/mol. The van der Waals surface area contributed by atoms with E-state index in [1.165, 1.54) is 0 Å². The fraction of sp³-hybridized carbons (Fsp3) is 0.355. The summed E-state index contributed by atoms with van der Waals surface area (Å²) >= 11 is 0. The number of carbonyl (C=O) groups excluding carboxylic acids is 1. The first-order valence-electron chi connectivity index (χ1n) is 13.4. The summed E-state index contributed by atoms with van der Waals surface area (Å²) in [5, 5.41) is 22.9. The van der Waals surface area contributed by atoms with Crippen molar-refractivity contribution in [1.82, 2.24) is 10.2 Å². The number of aliphatic carboxylic acids is 1. The molecule has 1 amide bonds. The maximum absolute atomic E-state index is 12.7. The van der Waals surface area contributed by atoms with Crippen LogP contribution < -0.4 is 10.2 Å². The Morgan fingerprint density at radius 2 is 1.56 bits per heavy atom. The average molecular weight is 530 g/mol. The van der Waals surface area contributed by atoms with Gasteiger partial charge in [-0.15, -0.1) is 0 Å². The average Bonchev–Trinajstić information content (AvgIpc) is 3.25. The summed E-state index contributed by atoms with van der Waals surface area (Å²) < 4.78 is 5.54. The lowest BCUT2D eigenvalue weighted by atomic mass is 9.98. The Balaban J connectivity index is 1.18. The molecule has 3 aromatic rings. The van der Waals surface area contributed by atoms with Crippen molar-refractivity contribution in [3.8, 4) is 11.1 Å². The number of amides is 1. The van der Waals surface area contributed by atoms with Crippen LogP contribution in [0.15, 0.2) is 72.8 Å². The molecule has 0 bridgehead atoms. The Morgan fingerprint density at radius 1 is 0.949 bits per heavy atom. The standard InChI is InChI=1S/C31H35N3O5/c1-20(2)33-15-16-34(29(35)18-33)22-13-11-21(12-14-22)17-28(30(36)37)32-31(38)39-19-27-25-9-5-3-7-23(25)24-8-4-6-10-26(24)27/h3-14,20,27-29,35H,15-19H2,1-2H3,(H,32,38)(H,36,37)/t28-,29?/m0/s1. The van der Waals surface area contributed by atoms with Gasteiger partial charge in [0.1, 0.15) is 18.9 Å². The number of carboxylic acid groups (broad SMARTS) is 1. The first-order chi connectivity index (χ1) is 18.8. The maximum Gasteiger partial charge on any atom is 0.407 e. The topological polar surface area (TPSA) is 102 Å². The molecule has 0 radical (unpaired) electrons. The molecule has 1 unspecified atom stereocenters. The highest BCUT2D eigenvalue weighted by atomic mass is 16.5. The molecule has 39 heavy (non-hydrogen) atoms. The highest BCUT2D eigenvalue weighted by Gasteiger charge is 2.30. The number of alkyl carbamates (subject to hydrolysis) is 1. The van der Waals surface area contributed by atoms with E-state index in [0.717, 1.165) is 40.0 Å². The number of carboxylic acids is 1. The molecule has 0 spiro atoms. The van der Waals surface area contributed by atoms with Crippen LogP contribution in [-0.4, -0.2) is 71.7 Å². The van der Waals surface area contributed by atoms with E-state index in [-0.39, 0.29) is 18.9 Å². The third-order valence-electron chi connectivity index (χ3n) is 7.76. The molecule has 0 saturated carbocycles. The number of benzene rings is 3. The van der Waals surface area contributed by atoms with Crippen molar-refractivity contribution in [3.05, 3.63) is 89.5 Å². The Morgan fingerprint density at radius 3 is 2.13 bits per heavy atom. The first-order valence-corrected chi connectivity index (χ1v) is 13.4. The van der Waals surface area contributed by atoms with Crippen molar-refractivity contribution in [2.45, 2.75) is 44.5 Å². The highest BCUT2D eigenvalue weighted by Crippen LogP contribution is 2.44. The van der Waals surface area contributed by atoms with E-state index >= 15 is 0 Å². The predicted octanol–water partition coefficient (Wildman–Crippen LogP) is 4.07. The van der Waals surface area contributed by atoms with E-state index in [2.05, 4.69) is 36.2 Å². The lowest BCUT2D eigenvalue weighted by molar-refractivity contribution is -0.139. The smallest absolute Gasteiger partial charge is 0.407 e. The van der Waals surface area contributed by atoms with Gasteiger partial charge in [-0.3, -0.25) is 4.90 Å². The number of fused-ring (bicyclic) bond motifs is 3. The second kappa shape index (κ2) is 11.5. The van der Waals surface area contributed by atoms with Gasteiger partial charge >= 0.3 is 12.1 Å². The number of nitrogens with zero attached hydrogens (tertiary/aromatic N) is 2. The SMILES string of the molecule is CC(C)N1CCN(c2ccc(C[C@H](NC(=O)OCC3c4ccccc4-c4ccccc43)C(=O)O)cc2)C(O)C1. The highest BCUT2D eigenvalue weighted by molar-refractivity contribution is 5.81. The third-order valence-corrected chi connectivity index (χ3v) is 7.76. The maximum atomic E-state index is 12.7. The molecule has 1 saturated heterocycles. The van der Waals surface area contributed by atoms with Gasteiger partial charge < -0.3 is 25.2 Å². The largest absolute Gasteiger partial charge is 0.480 e. The molecule has 0 aromatic heterocycles. The lowest BCUT2D eigenvalue weighted by Gasteiger charge is -2.41. The summed E-state index contributed by atoms with van der Waals surface area (Å²) in [7, 11) is 0. The van der Waals surface area contributed by atoms with Crippen LogP contribution in [0.3, 0.4) is 0 Å². The molecule has 2 atom stereocenters. The van der Waals surface area contributed by atoms with Crippen LogP contribution >= 0.6 is 0 Å². The van der Waals surface area contributed by atoms with Crippen LogP contribution in [0.2, 0.25) is 0 Å². The normalized spacial score (nSPS) is 17.9. The summed E-state index contributed by atoms with van der Waals surface area (Å²) in [6, 6.07) is 22.8. The Bertz CT molecular complexity index is 1280. The van der Waals surface area contributed by atoms with Crippen LogP contribution in [0.25, 0.3) is 11.1 Å². The van der Waals surface area contributed by atoms with E-state index in [1.807, 2.05) is 65.6 Å². The minimum Gasteiger partial charge on any atom is -0.480 e. The number of carbonyl (C=O) groups is 2. The molecule has 1 aliphatic carbocycles. The quantitative estimate of drug-likeness (QED) is 0.404. The molecule has 8 heteroatoms. The number of hydrogen-bond donors (Lipinski definition) is 3. The third kappa shape index (κ3) is 5.77. The summed E-state index contributed by atoms with van der Waals surface area (Å²) in [6.45, 7) is 6.50. The lowest BCUT2D eigenvalue weighted by Crippen LogP contribution is -2.55. The number of hydrogen-bond acceptors (Lipinski definition) is 6. The van der Waals surface area contributed by atoms with Gasteiger partial charge in [-0.2, -0.15) is 0 Å². The molecular formula is C31H35N3O5. The Hall–Kier alpha value is -3.88. The van der Waals surface area contributed by atoms with Crippen LogP contribution in [0.4, 0.5) is 10.5 Å². The van der Waals surface area contributed by atoms with Gasteiger partial charge in [-0.05, 0) is 53.8 Å². The molecule has 1 heterocycles. The first kappa shape index (κ1) is 26.7. The van der Waals surface area contributed by atoms with Crippen LogP contribution in [-0.2, 0) is 16.0 Å². The van der Waals surface area contributed by atoms with Gasteiger partial charge in [0.15, 0.2) is 0 Å². The summed E-state index contributed by atoms with van der Waals surface area (Å²) in [5.41, 5.74) is 6.09. The van der Waals surface area contributed by atoms with Crippen molar-refractivity contribution < 1.29 is 24.5 Å². The Kier molecular flexibility index (Phi) is 7.86. The van der Waals surface area contributed by atoms with Gasteiger partial charge in [0.2, 0.25) is 0 Å². The molecule has 3 aromatic carbocycles. The van der Waals surface area contributed by atoms with E-state index in [4.69, 9.17) is 4.74 Å². The number of rotatable bonds is 8. The van der Waals surface area contributed by atoms with Gasteiger partial charge in [0.05, 0.1) is 0 Å². The van der Waals surface area contributed by atoms with Crippen LogP contribution in [0, 0.1) is 0 Å². The number of anilines is 1. The van der Waals surface area contributed by atoms with Crippen molar-refractivity contribution in [3.63, 3.8) is 0 Å².